The van der Waals surface area contributed by atoms with Crippen LogP contribution in [-0.4, -0.2) is 25.2 Å². The van der Waals surface area contributed by atoms with Crippen LogP contribution < -0.4 is 20.5 Å². The molecule has 3 N–H and O–H groups in total. The van der Waals surface area contributed by atoms with E-state index in [1.165, 1.54) is 0 Å². The Bertz CT molecular complexity index is 614. The molecule has 1 heterocycles. The molecule has 0 atom stereocenters. The molecular formula is C15H18N4O2. The van der Waals surface area contributed by atoms with E-state index in [2.05, 4.69) is 15.3 Å². The van der Waals surface area contributed by atoms with Crippen molar-refractivity contribution in [3.8, 4) is 11.5 Å². The quantitative estimate of drug-likeness (QED) is 0.649. The molecule has 6 heteroatoms. The first-order valence-corrected chi connectivity index (χ1v) is 6.42. The molecule has 0 saturated heterocycles. The molecule has 0 aliphatic carbocycles. The van der Waals surface area contributed by atoms with Crippen LogP contribution in [0, 0.1) is 0 Å². The van der Waals surface area contributed by atoms with E-state index in [9.17, 15) is 0 Å². The van der Waals surface area contributed by atoms with Crippen LogP contribution in [0.4, 0.5) is 5.69 Å². The van der Waals surface area contributed by atoms with E-state index in [1.807, 2.05) is 24.3 Å². The fourth-order valence-electron chi connectivity index (χ4n) is 1.75. The van der Waals surface area contributed by atoms with E-state index in [4.69, 9.17) is 15.2 Å². The third kappa shape index (κ3) is 4.10. The van der Waals surface area contributed by atoms with Gasteiger partial charge < -0.3 is 20.5 Å². The molecule has 1 aromatic carbocycles. The van der Waals surface area contributed by atoms with Gasteiger partial charge in [-0.2, -0.15) is 0 Å². The molecule has 0 fully saturated rings. The zero-order valence-electron chi connectivity index (χ0n) is 12.0. The van der Waals surface area contributed by atoms with Crippen molar-refractivity contribution in [3.05, 3.63) is 48.3 Å². The number of ether oxygens (including phenoxy) is 2. The van der Waals surface area contributed by atoms with Gasteiger partial charge in [0.2, 0.25) is 0 Å². The van der Waals surface area contributed by atoms with Crippen LogP contribution >= 0.6 is 0 Å². The van der Waals surface area contributed by atoms with Gasteiger partial charge in [0.15, 0.2) is 5.96 Å². The average Bonchev–Trinajstić information content (AvgIpc) is 2.54. The molecular weight excluding hydrogens is 268 g/mol. The molecule has 0 radical (unpaired) electrons. The summed E-state index contributed by atoms with van der Waals surface area (Å²) < 4.78 is 10.4. The van der Waals surface area contributed by atoms with E-state index >= 15 is 0 Å². The number of hydrogen-bond acceptors (Lipinski definition) is 4. The zero-order chi connectivity index (χ0) is 15.1. The zero-order valence-corrected chi connectivity index (χ0v) is 12.0. The number of nitrogens with two attached hydrogens (primary N) is 1. The van der Waals surface area contributed by atoms with Gasteiger partial charge in [0, 0.05) is 12.3 Å². The number of nitrogens with one attached hydrogen (secondary N) is 1. The number of methoxy groups -OCH3 is 2. The van der Waals surface area contributed by atoms with E-state index in [0.29, 0.717) is 23.7 Å². The van der Waals surface area contributed by atoms with E-state index in [1.54, 1.807) is 32.5 Å². The molecule has 21 heavy (non-hydrogen) atoms. The molecule has 1 aromatic heterocycles. The van der Waals surface area contributed by atoms with E-state index < -0.39 is 0 Å². The maximum absolute atomic E-state index is 5.88. The molecule has 2 rings (SSSR count). The van der Waals surface area contributed by atoms with Gasteiger partial charge in [0.25, 0.3) is 0 Å². The van der Waals surface area contributed by atoms with Crippen LogP contribution in [-0.2, 0) is 6.54 Å². The van der Waals surface area contributed by atoms with E-state index in [0.717, 1.165) is 5.69 Å². The lowest BCUT2D eigenvalue weighted by Crippen LogP contribution is -2.23. The van der Waals surface area contributed by atoms with Gasteiger partial charge in [0.1, 0.15) is 11.5 Å². The first-order valence-electron chi connectivity index (χ1n) is 6.42. The topological polar surface area (TPSA) is 81.8 Å². The molecule has 0 saturated carbocycles. The van der Waals surface area contributed by atoms with Gasteiger partial charge in [-0.3, -0.25) is 4.98 Å². The largest absolute Gasteiger partial charge is 0.497 e. The minimum Gasteiger partial charge on any atom is -0.497 e. The summed E-state index contributed by atoms with van der Waals surface area (Å²) in [5, 5.41) is 3.00. The Morgan fingerprint density at radius 2 is 2.10 bits per heavy atom. The maximum atomic E-state index is 5.88. The van der Waals surface area contributed by atoms with Gasteiger partial charge in [-0.15, -0.1) is 0 Å². The monoisotopic (exact) mass is 286 g/mol. The normalized spacial score (nSPS) is 11.0. The fourth-order valence-corrected chi connectivity index (χ4v) is 1.75. The van der Waals surface area contributed by atoms with Crippen molar-refractivity contribution in [2.24, 2.45) is 10.7 Å². The summed E-state index contributed by atoms with van der Waals surface area (Å²) in [5.74, 6) is 1.65. The number of pyridine rings is 1. The number of nitrogens with zero attached hydrogens (tertiary/aromatic N) is 2. The van der Waals surface area contributed by atoms with Crippen molar-refractivity contribution in [3.63, 3.8) is 0 Å². The third-order valence-electron chi connectivity index (χ3n) is 2.81. The Labute approximate surface area is 123 Å². The highest BCUT2D eigenvalue weighted by Crippen LogP contribution is 2.28. The summed E-state index contributed by atoms with van der Waals surface area (Å²) in [7, 11) is 3.19. The standard InChI is InChI=1S/C15H18N4O2/c1-20-12-6-7-14(21-2)13(9-12)19-15(16)18-10-11-5-3-4-8-17-11/h3-9H,10H2,1-2H3,(H3,16,18,19). The average molecular weight is 286 g/mol. The second-order valence-corrected chi connectivity index (χ2v) is 4.21. The highest BCUT2D eigenvalue weighted by atomic mass is 16.5. The highest BCUT2D eigenvalue weighted by molar-refractivity contribution is 5.93. The number of anilines is 1. The van der Waals surface area contributed by atoms with Crippen LogP contribution in [0.1, 0.15) is 5.69 Å². The lowest BCUT2D eigenvalue weighted by molar-refractivity contribution is 0.405. The Balaban J connectivity index is 2.09. The van der Waals surface area contributed by atoms with Gasteiger partial charge in [-0.25, -0.2) is 4.99 Å². The molecule has 0 bridgehead atoms. The first kappa shape index (κ1) is 14.6. The number of rotatable bonds is 5. The van der Waals surface area contributed by atoms with Crippen molar-refractivity contribution in [1.29, 1.82) is 0 Å². The van der Waals surface area contributed by atoms with Gasteiger partial charge in [-0.05, 0) is 24.3 Å². The highest BCUT2D eigenvalue weighted by Gasteiger charge is 2.06. The third-order valence-corrected chi connectivity index (χ3v) is 2.81. The van der Waals surface area contributed by atoms with Crippen molar-refractivity contribution in [2.45, 2.75) is 6.54 Å². The first-order chi connectivity index (χ1) is 10.2. The molecule has 0 aliphatic rings. The van der Waals surface area contributed by atoms with Crippen molar-refractivity contribution < 1.29 is 9.47 Å². The second-order valence-electron chi connectivity index (χ2n) is 4.21. The summed E-state index contributed by atoms with van der Waals surface area (Å²) in [4.78, 5) is 8.43. The van der Waals surface area contributed by atoms with Gasteiger partial charge >= 0.3 is 0 Å². The van der Waals surface area contributed by atoms with Gasteiger partial charge in [-0.1, -0.05) is 6.07 Å². The summed E-state index contributed by atoms with van der Waals surface area (Å²) in [5.41, 5.74) is 7.42. The van der Waals surface area contributed by atoms with Crippen molar-refractivity contribution >= 4 is 11.6 Å². The number of aromatic nitrogens is 1. The summed E-state index contributed by atoms with van der Waals surface area (Å²) in [6.45, 7) is 0.409. The minimum atomic E-state index is 0.284. The molecule has 2 aromatic rings. The molecule has 0 unspecified atom stereocenters. The Morgan fingerprint density at radius 3 is 2.76 bits per heavy atom. The van der Waals surface area contributed by atoms with Crippen molar-refractivity contribution in [2.75, 3.05) is 19.5 Å². The smallest absolute Gasteiger partial charge is 0.193 e. The predicted octanol–water partition coefficient (Wildman–Crippen LogP) is 2.03. The molecule has 0 amide bonds. The summed E-state index contributed by atoms with van der Waals surface area (Å²) in [6.07, 6.45) is 1.72. The van der Waals surface area contributed by atoms with Gasteiger partial charge in [0.05, 0.1) is 32.1 Å². The van der Waals surface area contributed by atoms with Crippen LogP contribution in [0.15, 0.2) is 47.6 Å². The number of guanidine groups is 1. The summed E-state index contributed by atoms with van der Waals surface area (Å²) >= 11 is 0. The molecule has 110 valence electrons. The Hall–Kier alpha value is -2.76. The SMILES string of the molecule is COc1ccc(OC)c(NC(N)=NCc2ccccn2)c1. The predicted molar refractivity (Wildman–Crippen MR) is 82.7 cm³/mol. The fraction of sp³-hybridized carbons (Fsp3) is 0.200. The van der Waals surface area contributed by atoms with Crippen molar-refractivity contribution in [1.82, 2.24) is 4.98 Å². The lowest BCUT2D eigenvalue weighted by Gasteiger charge is -2.12. The molecule has 6 nitrogen and oxygen atoms in total. The number of benzene rings is 1. The van der Waals surface area contributed by atoms with Crippen LogP contribution in [0.5, 0.6) is 11.5 Å². The Kier molecular flexibility index (Phi) is 4.98. The van der Waals surface area contributed by atoms with Crippen LogP contribution in [0.25, 0.3) is 0 Å². The van der Waals surface area contributed by atoms with E-state index in [-0.39, 0.29) is 5.96 Å². The number of aliphatic imine (C=N–C) groups is 1. The maximum Gasteiger partial charge on any atom is 0.193 e. The van der Waals surface area contributed by atoms with Crippen LogP contribution in [0.2, 0.25) is 0 Å². The molecule has 0 aliphatic heterocycles. The molecule has 0 spiro atoms. The summed E-state index contributed by atoms with van der Waals surface area (Å²) in [6, 6.07) is 11.1. The lowest BCUT2D eigenvalue weighted by atomic mass is 10.2. The number of hydrogen-bond donors (Lipinski definition) is 2. The minimum absolute atomic E-state index is 0.284. The van der Waals surface area contributed by atoms with Crippen LogP contribution in [0.3, 0.4) is 0 Å². The Morgan fingerprint density at radius 1 is 1.24 bits per heavy atom. The second kappa shape index (κ2) is 7.14.